The van der Waals surface area contributed by atoms with Gasteiger partial charge in [-0.25, -0.2) is 0 Å². The zero-order valence-corrected chi connectivity index (χ0v) is 11.5. The first-order chi connectivity index (χ1) is 8.83. The van der Waals surface area contributed by atoms with Crippen molar-refractivity contribution in [1.29, 1.82) is 0 Å². The van der Waals surface area contributed by atoms with Crippen LogP contribution < -0.4 is 5.32 Å². The third kappa shape index (κ3) is 4.75. The van der Waals surface area contributed by atoms with Gasteiger partial charge in [0.25, 0.3) is 5.91 Å². The Bertz CT molecular complexity index is 485. The molecule has 0 saturated carbocycles. The minimum absolute atomic E-state index is 0.0854. The molecular formula is C13H15NO4S. The average Bonchev–Trinajstić information content (AvgIpc) is 2.37. The summed E-state index contributed by atoms with van der Waals surface area (Å²) in [6.07, 6.45) is 0. The zero-order valence-electron chi connectivity index (χ0n) is 10.7. The Morgan fingerprint density at radius 3 is 2.32 bits per heavy atom. The molecule has 6 heteroatoms. The van der Waals surface area contributed by atoms with Crippen LogP contribution in [0.3, 0.4) is 0 Å². The molecule has 0 aliphatic carbocycles. The standard InChI is InChI=1S/C13H15NO4S/c1-13(2,12(17)18)19-8-10(15)14-11(16)9-6-4-3-5-7-9/h3-7H,8H2,1-2H3,(H,17,18)(H,14,15,16). The Kier molecular flexibility index (Phi) is 5.11. The summed E-state index contributed by atoms with van der Waals surface area (Å²) in [5.74, 6) is -2.08. The van der Waals surface area contributed by atoms with Gasteiger partial charge in [0.2, 0.25) is 5.91 Å². The molecule has 2 N–H and O–H groups in total. The van der Waals surface area contributed by atoms with E-state index in [1.165, 1.54) is 13.8 Å². The van der Waals surface area contributed by atoms with E-state index in [0.29, 0.717) is 5.56 Å². The van der Waals surface area contributed by atoms with E-state index in [0.717, 1.165) is 11.8 Å². The van der Waals surface area contributed by atoms with Crippen LogP contribution in [-0.2, 0) is 9.59 Å². The summed E-state index contributed by atoms with van der Waals surface area (Å²) in [7, 11) is 0. The van der Waals surface area contributed by atoms with Gasteiger partial charge >= 0.3 is 5.97 Å². The summed E-state index contributed by atoms with van der Waals surface area (Å²) < 4.78 is -1.06. The van der Waals surface area contributed by atoms with E-state index in [4.69, 9.17) is 5.11 Å². The van der Waals surface area contributed by atoms with Gasteiger partial charge in [0.15, 0.2) is 0 Å². The fourth-order valence-corrected chi connectivity index (χ4v) is 1.82. The molecule has 0 fully saturated rings. The molecule has 0 aromatic heterocycles. The largest absolute Gasteiger partial charge is 0.480 e. The van der Waals surface area contributed by atoms with Crippen LogP contribution in [0.1, 0.15) is 24.2 Å². The molecular weight excluding hydrogens is 266 g/mol. The Hall–Kier alpha value is -1.82. The SMILES string of the molecule is CC(C)(SCC(=O)NC(=O)c1ccccc1)C(=O)O. The maximum absolute atomic E-state index is 11.7. The fraction of sp³-hybridized carbons (Fsp3) is 0.308. The Morgan fingerprint density at radius 2 is 1.79 bits per heavy atom. The fourth-order valence-electron chi connectivity index (χ4n) is 1.13. The molecule has 2 amide bonds. The molecule has 0 saturated heterocycles. The first-order valence-corrected chi connectivity index (χ1v) is 6.58. The van der Waals surface area contributed by atoms with Crippen LogP contribution in [0, 0.1) is 0 Å². The number of hydrogen-bond acceptors (Lipinski definition) is 4. The van der Waals surface area contributed by atoms with E-state index >= 15 is 0 Å². The Labute approximate surface area is 115 Å². The van der Waals surface area contributed by atoms with Gasteiger partial charge in [0.1, 0.15) is 4.75 Å². The number of amides is 2. The van der Waals surface area contributed by atoms with E-state index in [9.17, 15) is 14.4 Å². The number of aliphatic carboxylic acids is 1. The molecule has 0 heterocycles. The molecule has 0 aliphatic rings. The molecule has 5 nitrogen and oxygen atoms in total. The first-order valence-electron chi connectivity index (χ1n) is 5.59. The number of carbonyl (C=O) groups excluding carboxylic acids is 2. The predicted octanol–water partition coefficient (Wildman–Crippen LogP) is 1.54. The normalized spacial score (nSPS) is 10.8. The molecule has 0 radical (unpaired) electrons. The molecule has 0 aliphatic heterocycles. The van der Waals surface area contributed by atoms with E-state index in [1.54, 1.807) is 30.3 Å². The second-order valence-electron chi connectivity index (χ2n) is 4.35. The van der Waals surface area contributed by atoms with Gasteiger partial charge in [-0.05, 0) is 26.0 Å². The van der Waals surface area contributed by atoms with Crippen molar-refractivity contribution in [2.75, 3.05) is 5.75 Å². The number of benzene rings is 1. The lowest BCUT2D eigenvalue weighted by Crippen LogP contribution is -2.35. The topological polar surface area (TPSA) is 83.5 Å². The van der Waals surface area contributed by atoms with Crippen molar-refractivity contribution in [2.24, 2.45) is 0 Å². The highest BCUT2D eigenvalue weighted by Gasteiger charge is 2.28. The minimum Gasteiger partial charge on any atom is -0.480 e. The number of thioether (sulfide) groups is 1. The van der Waals surface area contributed by atoms with Gasteiger partial charge in [-0.1, -0.05) is 18.2 Å². The summed E-state index contributed by atoms with van der Waals surface area (Å²) in [5, 5.41) is 11.1. The van der Waals surface area contributed by atoms with Crippen LogP contribution in [0.25, 0.3) is 0 Å². The lowest BCUT2D eigenvalue weighted by Gasteiger charge is -2.17. The third-order valence-corrected chi connectivity index (χ3v) is 3.67. The number of carboxylic acids is 1. The van der Waals surface area contributed by atoms with E-state index in [2.05, 4.69) is 5.32 Å². The number of carbonyl (C=O) groups is 3. The minimum atomic E-state index is -1.06. The maximum atomic E-state index is 11.7. The van der Waals surface area contributed by atoms with Crippen LogP contribution in [0.4, 0.5) is 0 Å². The Balaban J connectivity index is 2.49. The van der Waals surface area contributed by atoms with Gasteiger partial charge in [0.05, 0.1) is 5.75 Å². The van der Waals surface area contributed by atoms with Crippen LogP contribution in [0.15, 0.2) is 30.3 Å². The smallest absolute Gasteiger partial charge is 0.319 e. The van der Waals surface area contributed by atoms with Crippen LogP contribution >= 0.6 is 11.8 Å². The summed E-state index contributed by atoms with van der Waals surface area (Å²) in [6.45, 7) is 3.01. The molecule has 0 atom stereocenters. The summed E-state index contributed by atoms with van der Waals surface area (Å²) in [5.41, 5.74) is 0.387. The van der Waals surface area contributed by atoms with Gasteiger partial charge in [-0.2, -0.15) is 0 Å². The lowest BCUT2D eigenvalue weighted by molar-refractivity contribution is -0.138. The molecule has 0 unspecified atom stereocenters. The Morgan fingerprint density at radius 1 is 1.21 bits per heavy atom. The van der Waals surface area contributed by atoms with Crippen molar-refractivity contribution in [3.63, 3.8) is 0 Å². The van der Waals surface area contributed by atoms with Crippen molar-refractivity contribution in [3.8, 4) is 0 Å². The van der Waals surface area contributed by atoms with Gasteiger partial charge in [0, 0.05) is 5.56 Å². The number of rotatable bonds is 5. The molecule has 1 rings (SSSR count). The van der Waals surface area contributed by atoms with Crippen molar-refractivity contribution < 1.29 is 19.5 Å². The van der Waals surface area contributed by atoms with E-state index in [1.807, 2.05) is 0 Å². The number of nitrogens with one attached hydrogen (secondary N) is 1. The molecule has 0 bridgehead atoms. The number of hydrogen-bond donors (Lipinski definition) is 2. The lowest BCUT2D eigenvalue weighted by atomic mass is 10.2. The van der Waals surface area contributed by atoms with Crippen molar-refractivity contribution in [1.82, 2.24) is 5.32 Å². The van der Waals surface area contributed by atoms with Crippen molar-refractivity contribution in [2.45, 2.75) is 18.6 Å². The predicted molar refractivity (Wildman–Crippen MR) is 73.1 cm³/mol. The first kappa shape index (κ1) is 15.2. The van der Waals surface area contributed by atoms with Gasteiger partial charge < -0.3 is 5.11 Å². The molecule has 102 valence electrons. The van der Waals surface area contributed by atoms with Crippen LogP contribution in [-0.4, -0.2) is 33.4 Å². The second-order valence-corrected chi connectivity index (χ2v) is 5.95. The second kappa shape index (κ2) is 6.38. The highest BCUT2D eigenvalue weighted by molar-refractivity contribution is 8.01. The third-order valence-electron chi connectivity index (χ3n) is 2.37. The quantitative estimate of drug-likeness (QED) is 0.855. The number of imide groups is 1. The average molecular weight is 281 g/mol. The zero-order chi connectivity index (χ0) is 14.5. The van der Waals surface area contributed by atoms with Gasteiger partial charge in [-0.3, -0.25) is 19.7 Å². The molecule has 1 aromatic carbocycles. The highest BCUT2D eigenvalue weighted by atomic mass is 32.2. The van der Waals surface area contributed by atoms with E-state index < -0.39 is 22.5 Å². The maximum Gasteiger partial charge on any atom is 0.319 e. The van der Waals surface area contributed by atoms with Crippen molar-refractivity contribution in [3.05, 3.63) is 35.9 Å². The summed E-state index contributed by atoms with van der Waals surface area (Å²) in [4.78, 5) is 34.1. The van der Waals surface area contributed by atoms with Crippen LogP contribution in [0.2, 0.25) is 0 Å². The summed E-state index contributed by atoms with van der Waals surface area (Å²) in [6, 6.07) is 8.35. The molecule has 1 aromatic rings. The van der Waals surface area contributed by atoms with E-state index in [-0.39, 0.29) is 5.75 Å². The molecule has 19 heavy (non-hydrogen) atoms. The monoisotopic (exact) mass is 281 g/mol. The van der Waals surface area contributed by atoms with Gasteiger partial charge in [-0.15, -0.1) is 11.8 Å². The summed E-state index contributed by atoms with van der Waals surface area (Å²) >= 11 is 0.968. The number of carboxylic acid groups (broad SMARTS) is 1. The van der Waals surface area contributed by atoms with Crippen LogP contribution in [0.5, 0.6) is 0 Å². The highest BCUT2D eigenvalue weighted by Crippen LogP contribution is 2.23. The molecule has 0 spiro atoms. The van der Waals surface area contributed by atoms with Crippen molar-refractivity contribution >= 4 is 29.5 Å².